The van der Waals surface area contributed by atoms with E-state index in [1.54, 1.807) is 10.6 Å². The molecule has 9 nitrogen and oxygen atoms in total. The Bertz CT molecular complexity index is 1580. The summed E-state index contributed by atoms with van der Waals surface area (Å²) in [5.74, 6) is -1.71. The van der Waals surface area contributed by atoms with Gasteiger partial charge in [0, 0.05) is 25.2 Å². The molecular formula is C26H24F5N7O2. The molecule has 0 saturated carbocycles. The van der Waals surface area contributed by atoms with Gasteiger partial charge in [-0.25, -0.2) is 23.1 Å². The van der Waals surface area contributed by atoms with Crippen molar-refractivity contribution in [2.24, 2.45) is 0 Å². The first-order valence-electron chi connectivity index (χ1n) is 12.2. The Balaban J connectivity index is 1.42. The summed E-state index contributed by atoms with van der Waals surface area (Å²) in [4.78, 5) is 18.7. The van der Waals surface area contributed by atoms with Crippen LogP contribution >= 0.6 is 0 Å². The lowest BCUT2D eigenvalue weighted by Crippen LogP contribution is -2.36. The standard InChI is InChI=1S/C26H24F5N7O2/c1-14-21(12-37-6-8-40-9-7-37)38-23(24(32)33-13-34-38)22(14)15-2-5-19(18(28)10-15)35-25(39)36-20-11-16(26(29,30)31)3-4-17(20)27/h2-5,10-11,13H,6-9,12H2,1H3,(H2,32,33,34)(H2,35,36,39). The van der Waals surface area contributed by atoms with Crippen molar-refractivity contribution in [2.75, 3.05) is 42.7 Å². The summed E-state index contributed by atoms with van der Waals surface area (Å²) >= 11 is 0. The van der Waals surface area contributed by atoms with Crippen LogP contribution in [0.2, 0.25) is 0 Å². The van der Waals surface area contributed by atoms with Crippen LogP contribution in [-0.4, -0.2) is 51.8 Å². The molecule has 1 aliphatic heterocycles. The highest BCUT2D eigenvalue weighted by Crippen LogP contribution is 2.37. The third kappa shape index (κ3) is 5.40. The zero-order chi connectivity index (χ0) is 28.6. The fourth-order valence-corrected chi connectivity index (χ4v) is 4.64. The van der Waals surface area contributed by atoms with E-state index in [9.17, 15) is 22.4 Å². The molecule has 5 rings (SSSR count). The number of nitrogens with zero attached hydrogens (tertiary/aromatic N) is 4. The average Bonchev–Trinajstić information content (AvgIpc) is 3.19. The molecule has 0 bridgehead atoms. The highest BCUT2D eigenvalue weighted by atomic mass is 19.4. The monoisotopic (exact) mass is 561 g/mol. The number of alkyl halides is 3. The van der Waals surface area contributed by atoms with Crippen molar-refractivity contribution in [3.8, 4) is 11.1 Å². The van der Waals surface area contributed by atoms with Gasteiger partial charge in [0.15, 0.2) is 5.82 Å². The van der Waals surface area contributed by atoms with E-state index in [0.29, 0.717) is 54.6 Å². The molecule has 14 heteroatoms. The molecule has 40 heavy (non-hydrogen) atoms. The van der Waals surface area contributed by atoms with E-state index in [1.807, 2.05) is 12.2 Å². The zero-order valence-corrected chi connectivity index (χ0v) is 21.1. The minimum atomic E-state index is -4.74. The van der Waals surface area contributed by atoms with Crippen LogP contribution in [-0.2, 0) is 17.5 Å². The lowest BCUT2D eigenvalue weighted by Gasteiger charge is -2.26. The second-order valence-corrected chi connectivity index (χ2v) is 9.21. The third-order valence-electron chi connectivity index (χ3n) is 6.64. The van der Waals surface area contributed by atoms with Gasteiger partial charge in [-0.1, -0.05) is 6.07 Å². The number of nitrogen functional groups attached to an aromatic ring is 1. The number of fused-ring (bicyclic) bond motifs is 1. The van der Waals surface area contributed by atoms with Gasteiger partial charge < -0.3 is 21.1 Å². The second-order valence-electron chi connectivity index (χ2n) is 9.21. The van der Waals surface area contributed by atoms with Crippen molar-refractivity contribution >= 4 is 28.7 Å². The number of nitrogens with one attached hydrogen (secondary N) is 2. The van der Waals surface area contributed by atoms with E-state index in [4.69, 9.17) is 10.5 Å². The minimum absolute atomic E-state index is 0.200. The smallest absolute Gasteiger partial charge is 0.382 e. The van der Waals surface area contributed by atoms with Crippen LogP contribution < -0.4 is 16.4 Å². The van der Waals surface area contributed by atoms with E-state index < -0.39 is 35.1 Å². The molecule has 210 valence electrons. The summed E-state index contributed by atoms with van der Waals surface area (Å²) in [6.07, 6.45) is -3.39. The number of carbonyl (C=O) groups is 1. The maximum Gasteiger partial charge on any atom is 0.416 e. The van der Waals surface area contributed by atoms with Gasteiger partial charge >= 0.3 is 12.2 Å². The molecule has 0 unspecified atom stereocenters. The van der Waals surface area contributed by atoms with Crippen molar-refractivity contribution in [3.63, 3.8) is 0 Å². The number of urea groups is 1. The first-order valence-corrected chi connectivity index (χ1v) is 12.2. The Labute approximate surface area is 224 Å². The molecule has 4 N–H and O–H groups in total. The molecule has 3 heterocycles. The summed E-state index contributed by atoms with van der Waals surface area (Å²) in [6, 6.07) is 4.49. The van der Waals surface area contributed by atoms with E-state index >= 15 is 4.39 Å². The number of morpholine rings is 1. The van der Waals surface area contributed by atoms with Gasteiger partial charge in [0.25, 0.3) is 0 Å². The van der Waals surface area contributed by atoms with Crippen LogP contribution in [0.25, 0.3) is 16.6 Å². The number of aromatic nitrogens is 3. The quantitative estimate of drug-likeness (QED) is 0.294. The molecule has 0 spiro atoms. The van der Waals surface area contributed by atoms with Gasteiger partial charge in [0.1, 0.15) is 23.5 Å². The molecule has 0 radical (unpaired) electrons. The molecule has 0 atom stereocenters. The van der Waals surface area contributed by atoms with Crippen molar-refractivity contribution in [1.82, 2.24) is 19.5 Å². The molecule has 0 aliphatic carbocycles. The number of benzene rings is 2. The van der Waals surface area contributed by atoms with Gasteiger partial charge in [-0.05, 0) is 48.4 Å². The van der Waals surface area contributed by atoms with Crippen molar-refractivity contribution in [1.29, 1.82) is 0 Å². The summed E-state index contributed by atoms with van der Waals surface area (Å²) in [6.45, 7) is 5.13. The van der Waals surface area contributed by atoms with Gasteiger partial charge in [-0.15, -0.1) is 0 Å². The number of rotatable bonds is 5. The Kier molecular flexibility index (Phi) is 7.29. The third-order valence-corrected chi connectivity index (χ3v) is 6.64. The number of hydrogen-bond donors (Lipinski definition) is 3. The van der Waals surface area contributed by atoms with E-state index in [1.165, 1.54) is 18.5 Å². The van der Waals surface area contributed by atoms with Gasteiger partial charge in [0.2, 0.25) is 0 Å². The Hall–Kier alpha value is -4.30. The summed E-state index contributed by atoms with van der Waals surface area (Å²) in [7, 11) is 0. The van der Waals surface area contributed by atoms with Crippen LogP contribution in [0.3, 0.4) is 0 Å². The molecule has 2 aromatic carbocycles. The van der Waals surface area contributed by atoms with Crippen LogP contribution in [0.15, 0.2) is 42.7 Å². The number of ether oxygens (including phenoxy) is 1. The highest BCUT2D eigenvalue weighted by molar-refractivity contribution is 6.00. The molecule has 1 aliphatic rings. The van der Waals surface area contributed by atoms with Crippen molar-refractivity contribution < 1.29 is 31.5 Å². The number of anilines is 3. The van der Waals surface area contributed by atoms with Crippen LogP contribution in [0.1, 0.15) is 16.8 Å². The molecule has 1 fully saturated rings. The lowest BCUT2D eigenvalue weighted by atomic mass is 10.0. The second kappa shape index (κ2) is 10.7. The largest absolute Gasteiger partial charge is 0.416 e. The molecular weight excluding hydrogens is 537 g/mol. The molecule has 2 amide bonds. The van der Waals surface area contributed by atoms with Gasteiger partial charge in [-0.3, -0.25) is 4.90 Å². The number of hydrogen-bond acceptors (Lipinski definition) is 6. The molecule has 2 aromatic heterocycles. The average molecular weight is 562 g/mol. The first kappa shape index (κ1) is 27.3. The lowest BCUT2D eigenvalue weighted by molar-refractivity contribution is -0.137. The van der Waals surface area contributed by atoms with Gasteiger partial charge in [0.05, 0.1) is 35.8 Å². The first-order chi connectivity index (χ1) is 19.0. The van der Waals surface area contributed by atoms with Crippen LogP contribution in [0.5, 0.6) is 0 Å². The predicted octanol–water partition coefficient (Wildman–Crippen LogP) is 5.06. The highest BCUT2D eigenvalue weighted by Gasteiger charge is 2.31. The van der Waals surface area contributed by atoms with Crippen molar-refractivity contribution in [2.45, 2.75) is 19.6 Å². The topological polar surface area (TPSA) is 110 Å². The number of carbonyl (C=O) groups excluding carboxylic acids is 1. The van der Waals surface area contributed by atoms with E-state index in [-0.39, 0.29) is 11.5 Å². The molecule has 4 aromatic rings. The van der Waals surface area contributed by atoms with Gasteiger partial charge in [-0.2, -0.15) is 18.3 Å². The van der Waals surface area contributed by atoms with Crippen LogP contribution in [0, 0.1) is 18.6 Å². The fourth-order valence-electron chi connectivity index (χ4n) is 4.64. The fraction of sp³-hybridized carbons (Fsp3) is 0.269. The number of nitrogens with two attached hydrogens (primary N) is 1. The number of halogens is 5. The van der Waals surface area contributed by atoms with Crippen LogP contribution in [0.4, 0.5) is 43.9 Å². The summed E-state index contributed by atoms with van der Waals surface area (Å²) < 4.78 is 75.2. The maximum absolute atomic E-state index is 15.2. The SMILES string of the molecule is Cc1c(-c2ccc(NC(=O)Nc3cc(C(F)(F)F)ccc3F)c(F)c2)c2c(N)ncnn2c1CN1CCOCC1. The number of amides is 2. The predicted molar refractivity (Wildman–Crippen MR) is 138 cm³/mol. The summed E-state index contributed by atoms with van der Waals surface area (Å²) in [5.41, 5.74) is 7.30. The normalized spacial score (nSPS) is 14.4. The Morgan fingerprint density at radius 2 is 1.77 bits per heavy atom. The summed E-state index contributed by atoms with van der Waals surface area (Å²) in [5, 5.41) is 8.55. The van der Waals surface area contributed by atoms with Crippen molar-refractivity contribution in [3.05, 3.63) is 71.2 Å². The maximum atomic E-state index is 15.2. The van der Waals surface area contributed by atoms with E-state index in [0.717, 1.165) is 24.3 Å². The minimum Gasteiger partial charge on any atom is -0.382 e. The Morgan fingerprint density at radius 3 is 2.48 bits per heavy atom. The Morgan fingerprint density at radius 1 is 1.05 bits per heavy atom. The zero-order valence-electron chi connectivity index (χ0n) is 21.1. The van der Waals surface area contributed by atoms with E-state index in [2.05, 4.69) is 20.3 Å². The molecule has 1 saturated heterocycles.